The van der Waals surface area contributed by atoms with Crippen LogP contribution in [0.5, 0.6) is 0 Å². The summed E-state index contributed by atoms with van der Waals surface area (Å²) in [5.41, 5.74) is 7.73. The van der Waals surface area contributed by atoms with Crippen molar-refractivity contribution in [1.29, 1.82) is 0 Å². The molecule has 1 aromatic carbocycles. The van der Waals surface area contributed by atoms with E-state index in [4.69, 9.17) is 17.3 Å². The van der Waals surface area contributed by atoms with Gasteiger partial charge in [0.25, 0.3) is 0 Å². The topological polar surface area (TPSA) is 85.1 Å². The molecule has 0 aliphatic carbocycles. The largest absolute Gasteiger partial charge is 0.398 e. The van der Waals surface area contributed by atoms with Crippen molar-refractivity contribution >= 4 is 38.6 Å². The van der Waals surface area contributed by atoms with Crippen molar-refractivity contribution in [3.05, 3.63) is 38.8 Å². The first-order valence-corrected chi connectivity index (χ1v) is 8.50. The predicted octanol–water partition coefficient (Wildman–Crippen LogP) is 2.47. The molecule has 0 unspecified atom stereocenters. The number of nitrogens with two attached hydrogens (primary N) is 1. The molecule has 0 fully saturated rings. The SMILES string of the molecule is Cc1csc(CNS(=O)(=O)c2cc(N)c(C)cc2Cl)n1. The quantitative estimate of drug-likeness (QED) is 0.843. The van der Waals surface area contributed by atoms with Crippen molar-refractivity contribution in [1.82, 2.24) is 9.71 Å². The molecule has 0 saturated heterocycles. The first-order valence-electron chi connectivity index (χ1n) is 5.76. The lowest BCUT2D eigenvalue weighted by molar-refractivity contribution is 0.581. The van der Waals surface area contributed by atoms with Gasteiger partial charge in [-0.05, 0) is 31.5 Å². The molecule has 2 rings (SSSR count). The lowest BCUT2D eigenvalue weighted by Crippen LogP contribution is -2.23. The van der Waals surface area contributed by atoms with Gasteiger partial charge in [-0.2, -0.15) is 0 Å². The smallest absolute Gasteiger partial charge is 0.242 e. The highest BCUT2D eigenvalue weighted by Crippen LogP contribution is 2.26. The fourth-order valence-corrected chi connectivity index (χ4v) is 4.00. The highest BCUT2D eigenvalue weighted by atomic mass is 35.5. The second-order valence-corrected chi connectivity index (χ2v) is 7.43. The number of aromatic nitrogens is 1. The number of hydrogen-bond donors (Lipinski definition) is 2. The molecule has 8 heteroatoms. The zero-order valence-corrected chi connectivity index (χ0v) is 13.4. The summed E-state index contributed by atoms with van der Waals surface area (Å²) in [7, 11) is -3.71. The van der Waals surface area contributed by atoms with Crippen molar-refractivity contribution in [3.8, 4) is 0 Å². The summed E-state index contributed by atoms with van der Waals surface area (Å²) in [5.74, 6) is 0. The van der Waals surface area contributed by atoms with E-state index in [9.17, 15) is 8.42 Å². The molecule has 1 aromatic heterocycles. The normalized spacial score (nSPS) is 11.8. The molecule has 2 aromatic rings. The third-order valence-electron chi connectivity index (χ3n) is 2.69. The Kier molecular flexibility index (Phi) is 4.33. The third kappa shape index (κ3) is 3.29. The molecular weight excluding hydrogens is 318 g/mol. The van der Waals surface area contributed by atoms with Crippen LogP contribution in [0.1, 0.15) is 16.3 Å². The van der Waals surface area contributed by atoms with Crippen molar-refractivity contribution < 1.29 is 8.42 Å². The van der Waals surface area contributed by atoms with Crippen LogP contribution in [0.3, 0.4) is 0 Å². The third-order valence-corrected chi connectivity index (χ3v) is 5.52. The van der Waals surface area contributed by atoms with E-state index >= 15 is 0 Å². The Labute approximate surface area is 126 Å². The van der Waals surface area contributed by atoms with Gasteiger partial charge in [0, 0.05) is 16.8 Å². The summed E-state index contributed by atoms with van der Waals surface area (Å²) in [6.07, 6.45) is 0. The lowest BCUT2D eigenvalue weighted by Gasteiger charge is -2.09. The number of anilines is 1. The molecule has 0 aliphatic rings. The van der Waals surface area contributed by atoms with Gasteiger partial charge in [-0.15, -0.1) is 11.3 Å². The van der Waals surface area contributed by atoms with Crippen LogP contribution < -0.4 is 10.5 Å². The maximum atomic E-state index is 12.2. The highest BCUT2D eigenvalue weighted by molar-refractivity contribution is 7.89. The Bertz CT molecular complexity index is 741. The number of nitrogen functional groups attached to an aromatic ring is 1. The summed E-state index contributed by atoms with van der Waals surface area (Å²) >= 11 is 7.38. The Hall–Kier alpha value is -1.15. The molecule has 0 radical (unpaired) electrons. The van der Waals surface area contributed by atoms with E-state index in [1.165, 1.54) is 17.4 Å². The molecule has 0 aliphatic heterocycles. The lowest BCUT2D eigenvalue weighted by atomic mass is 10.2. The van der Waals surface area contributed by atoms with Gasteiger partial charge in [0.1, 0.15) is 9.90 Å². The average molecular weight is 332 g/mol. The first-order chi connectivity index (χ1) is 9.29. The Morgan fingerprint density at radius 3 is 2.70 bits per heavy atom. The molecule has 0 spiro atoms. The molecular formula is C12H14ClN3O2S2. The van der Waals surface area contributed by atoms with Crippen molar-refractivity contribution in [2.45, 2.75) is 25.3 Å². The minimum Gasteiger partial charge on any atom is -0.398 e. The van der Waals surface area contributed by atoms with Crippen molar-refractivity contribution in [3.63, 3.8) is 0 Å². The number of nitrogens with zero attached hydrogens (tertiary/aromatic N) is 1. The number of aryl methyl sites for hydroxylation is 2. The van der Waals surface area contributed by atoms with E-state index in [0.29, 0.717) is 10.7 Å². The van der Waals surface area contributed by atoms with Gasteiger partial charge in [0.15, 0.2) is 0 Å². The second-order valence-electron chi connectivity index (χ2n) is 4.35. The van der Waals surface area contributed by atoms with Crippen LogP contribution in [-0.4, -0.2) is 13.4 Å². The number of benzene rings is 1. The van der Waals surface area contributed by atoms with Crippen molar-refractivity contribution in [2.75, 3.05) is 5.73 Å². The first kappa shape index (κ1) is 15.2. The summed E-state index contributed by atoms with van der Waals surface area (Å²) in [4.78, 5) is 4.18. The summed E-state index contributed by atoms with van der Waals surface area (Å²) in [5, 5.41) is 2.71. The molecule has 0 amide bonds. The van der Waals surface area contributed by atoms with E-state index in [1.807, 2.05) is 12.3 Å². The van der Waals surface area contributed by atoms with Crippen LogP contribution >= 0.6 is 22.9 Å². The molecule has 5 nitrogen and oxygen atoms in total. The number of rotatable bonds is 4. The average Bonchev–Trinajstić information content (AvgIpc) is 2.77. The van der Waals surface area contributed by atoms with Crippen LogP contribution in [0.2, 0.25) is 5.02 Å². The highest BCUT2D eigenvalue weighted by Gasteiger charge is 2.19. The van der Waals surface area contributed by atoms with Gasteiger partial charge in [-0.25, -0.2) is 18.1 Å². The van der Waals surface area contributed by atoms with Gasteiger partial charge in [-0.3, -0.25) is 0 Å². The van der Waals surface area contributed by atoms with Crippen LogP contribution in [0.15, 0.2) is 22.4 Å². The van der Waals surface area contributed by atoms with E-state index in [1.54, 1.807) is 13.0 Å². The standard InChI is InChI=1S/C12H14ClN3O2S2/c1-7-3-9(13)11(4-10(7)14)20(17,18)15-5-12-16-8(2)6-19-12/h3-4,6,15H,5,14H2,1-2H3. The number of halogens is 1. The fourth-order valence-electron chi connectivity index (χ4n) is 1.59. The maximum absolute atomic E-state index is 12.2. The van der Waals surface area contributed by atoms with Crippen molar-refractivity contribution in [2.24, 2.45) is 0 Å². The predicted molar refractivity (Wildman–Crippen MR) is 81.5 cm³/mol. The van der Waals surface area contributed by atoms with Crippen LogP contribution in [-0.2, 0) is 16.6 Å². The van der Waals surface area contributed by atoms with E-state index < -0.39 is 10.0 Å². The van der Waals surface area contributed by atoms with Gasteiger partial charge in [-0.1, -0.05) is 11.6 Å². The molecule has 0 saturated carbocycles. The molecule has 0 bridgehead atoms. The number of hydrogen-bond acceptors (Lipinski definition) is 5. The molecule has 20 heavy (non-hydrogen) atoms. The Morgan fingerprint density at radius 2 is 2.10 bits per heavy atom. The summed E-state index contributed by atoms with van der Waals surface area (Å²) < 4.78 is 26.9. The summed E-state index contributed by atoms with van der Waals surface area (Å²) in [6.45, 7) is 3.75. The minimum absolute atomic E-state index is 0.0180. The summed E-state index contributed by atoms with van der Waals surface area (Å²) in [6, 6.07) is 2.91. The zero-order valence-electron chi connectivity index (χ0n) is 11.0. The molecule has 0 atom stereocenters. The van der Waals surface area contributed by atoms with Gasteiger partial charge >= 0.3 is 0 Å². The fraction of sp³-hybridized carbons (Fsp3) is 0.250. The van der Waals surface area contributed by atoms with E-state index in [0.717, 1.165) is 11.3 Å². The second kappa shape index (κ2) is 5.69. The van der Waals surface area contributed by atoms with Crippen LogP contribution in [0.25, 0.3) is 0 Å². The number of nitrogens with one attached hydrogen (secondary N) is 1. The number of thiazole rings is 1. The van der Waals surface area contributed by atoms with E-state index in [2.05, 4.69) is 9.71 Å². The molecule has 108 valence electrons. The number of sulfonamides is 1. The van der Waals surface area contributed by atoms with Gasteiger partial charge in [0.2, 0.25) is 10.0 Å². The maximum Gasteiger partial charge on any atom is 0.242 e. The van der Waals surface area contributed by atoms with Gasteiger partial charge in [0.05, 0.1) is 11.6 Å². The van der Waals surface area contributed by atoms with E-state index in [-0.39, 0.29) is 16.5 Å². The van der Waals surface area contributed by atoms with Crippen LogP contribution in [0, 0.1) is 13.8 Å². The molecule has 3 N–H and O–H groups in total. The monoisotopic (exact) mass is 331 g/mol. The molecule has 1 heterocycles. The minimum atomic E-state index is -3.71. The van der Waals surface area contributed by atoms with Crippen LogP contribution in [0.4, 0.5) is 5.69 Å². The Balaban J connectivity index is 2.24. The Morgan fingerprint density at radius 1 is 1.40 bits per heavy atom. The van der Waals surface area contributed by atoms with Gasteiger partial charge < -0.3 is 5.73 Å². The zero-order chi connectivity index (χ0) is 14.9.